The first-order valence-corrected chi connectivity index (χ1v) is 9.20. The largest absolute Gasteiger partial charge is 0.321 e. The molecule has 0 bridgehead atoms. The molecule has 3 aromatic rings. The Morgan fingerprint density at radius 2 is 1.88 bits per heavy atom. The number of anilines is 1. The number of thiazole rings is 1. The SMILES string of the molecule is CCc1ccc(NC(=O)c2sc(-n3nc(C)c(Cl)c3C)nc2C)cc1. The van der Waals surface area contributed by atoms with Crippen LogP contribution in [-0.4, -0.2) is 20.7 Å². The van der Waals surface area contributed by atoms with E-state index in [0.717, 1.165) is 23.5 Å². The lowest BCUT2D eigenvalue weighted by molar-refractivity contribution is 0.103. The van der Waals surface area contributed by atoms with E-state index in [1.165, 1.54) is 16.9 Å². The fourth-order valence-electron chi connectivity index (χ4n) is 2.51. The third kappa shape index (κ3) is 3.45. The lowest BCUT2D eigenvalue weighted by atomic mass is 10.1. The molecule has 25 heavy (non-hydrogen) atoms. The molecule has 130 valence electrons. The van der Waals surface area contributed by atoms with Gasteiger partial charge in [0.25, 0.3) is 5.91 Å². The Kier molecular flexibility index (Phi) is 4.92. The molecular weight excluding hydrogens is 356 g/mol. The summed E-state index contributed by atoms with van der Waals surface area (Å²) in [7, 11) is 0. The van der Waals surface area contributed by atoms with E-state index in [9.17, 15) is 4.79 Å². The molecule has 7 heteroatoms. The maximum atomic E-state index is 12.6. The lowest BCUT2D eigenvalue weighted by Gasteiger charge is -2.05. The monoisotopic (exact) mass is 374 g/mol. The van der Waals surface area contributed by atoms with Crippen LogP contribution in [0.4, 0.5) is 5.69 Å². The Morgan fingerprint density at radius 3 is 2.44 bits per heavy atom. The minimum absolute atomic E-state index is 0.168. The molecule has 0 spiro atoms. The van der Waals surface area contributed by atoms with Crippen molar-refractivity contribution in [2.24, 2.45) is 0 Å². The highest BCUT2D eigenvalue weighted by Crippen LogP contribution is 2.27. The summed E-state index contributed by atoms with van der Waals surface area (Å²) in [6, 6.07) is 7.85. The second-order valence-corrected chi connectivity index (χ2v) is 7.17. The van der Waals surface area contributed by atoms with Gasteiger partial charge in [-0.25, -0.2) is 9.67 Å². The van der Waals surface area contributed by atoms with Crippen molar-refractivity contribution in [2.75, 3.05) is 5.32 Å². The number of carbonyl (C=O) groups is 1. The van der Waals surface area contributed by atoms with Crippen molar-refractivity contribution >= 4 is 34.5 Å². The molecule has 0 radical (unpaired) electrons. The van der Waals surface area contributed by atoms with Crippen LogP contribution in [0.15, 0.2) is 24.3 Å². The van der Waals surface area contributed by atoms with Crippen LogP contribution in [0.5, 0.6) is 0 Å². The Bertz CT molecular complexity index is 927. The van der Waals surface area contributed by atoms with Crippen LogP contribution in [0.1, 0.15) is 39.2 Å². The van der Waals surface area contributed by atoms with Gasteiger partial charge < -0.3 is 5.32 Å². The number of aromatic nitrogens is 3. The number of hydrogen-bond acceptors (Lipinski definition) is 4. The van der Waals surface area contributed by atoms with E-state index in [0.29, 0.717) is 20.7 Å². The zero-order valence-corrected chi connectivity index (χ0v) is 16.1. The topological polar surface area (TPSA) is 59.8 Å². The predicted octanol–water partition coefficient (Wildman–Crippen LogP) is 4.72. The highest BCUT2D eigenvalue weighted by molar-refractivity contribution is 7.16. The maximum absolute atomic E-state index is 12.6. The van der Waals surface area contributed by atoms with Gasteiger partial charge in [0, 0.05) is 5.69 Å². The van der Waals surface area contributed by atoms with Crippen molar-refractivity contribution in [1.82, 2.24) is 14.8 Å². The van der Waals surface area contributed by atoms with Gasteiger partial charge in [0.05, 0.1) is 22.1 Å². The van der Waals surface area contributed by atoms with Gasteiger partial charge in [-0.1, -0.05) is 42.0 Å². The number of hydrogen-bond donors (Lipinski definition) is 1. The van der Waals surface area contributed by atoms with E-state index in [4.69, 9.17) is 11.6 Å². The Balaban J connectivity index is 1.86. The lowest BCUT2D eigenvalue weighted by Crippen LogP contribution is -2.11. The molecular formula is C18H19ClN4OS. The average Bonchev–Trinajstić information content (AvgIpc) is 3.11. The summed E-state index contributed by atoms with van der Waals surface area (Å²) in [5.74, 6) is -0.168. The molecule has 0 atom stereocenters. The number of nitrogens with zero attached hydrogens (tertiary/aromatic N) is 3. The summed E-state index contributed by atoms with van der Waals surface area (Å²) >= 11 is 7.51. The first-order chi connectivity index (χ1) is 11.9. The summed E-state index contributed by atoms with van der Waals surface area (Å²) in [6.45, 7) is 7.65. The molecule has 0 aliphatic heterocycles. The first-order valence-electron chi connectivity index (χ1n) is 8.00. The number of nitrogens with one attached hydrogen (secondary N) is 1. The molecule has 0 saturated heterocycles. The summed E-state index contributed by atoms with van der Waals surface area (Å²) in [4.78, 5) is 17.6. The molecule has 2 heterocycles. The minimum Gasteiger partial charge on any atom is -0.321 e. The van der Waals surface area contributed by atoms with Crippen molar-refractivity contribution in [3.05, 3.63) is 56.8 Å². The fourth-order valence-corrected chi connectivity index (χ4v) is 3.59. The number of halogens is 1. The van der Waals surface area contributed by atoms with Gasteiger partial charge in [-0.2, -0.15) is 5.10 Å². The van der Waals surface area contributed by atoms with Gasteiger partial charge in [0.1, 0.15) is 4.88 Å². The molecule has 2 aromatic heterocycles. The van der Waals surface area contributed by atoms with Gasteiger partial charge >= 0.3 is 0 Å². The van der Waals surface area contributed by atoms with E-state index in [-0.39, 0.29) is 5.91 Å². The highest BCUT2D eigenvalue weighted by Gasteiger charge is 2.19. The van der Waals surface area contributed by atoms with Gasteiger partial charge in [-0.05, 0) is 44.9 Å². The van der Waals surface area contributed by atoms with Crippen molar-refractivity contribution in [3.63, 3.8) is 0 Å². The van der Waals surface area contributed by atoms with E-state index >= 15 is 0 Å². The molecule has 0 unspecified atom stereocenters. The van der Waals surface area contributed by atoms with E-state index < -0.39 is 0 Å². The second kappa shape index (κ2) is 6.98. The van der Waals surface area contributed by atoms with Crippen molar-refractivity contribution in [3.8, 4) is 5.13 Å². The van der Waals surface area contributed by atoms with Crippen LogP contribution < -0.4 is 5.32 Å². The molecule has 1 N–H and O–H groups in total. The van der Waals surface area contributed by atoms with Gasteiger partial charge in [0.2, 0.25) is 5.13 Å². The number of amides is 1. The molecule has 5 nitrogen and oxygen atoms in total. The fraction of sp³-hybridized carbons (Fsp3) is 0.278. The van der Waals surface area contributed by atoms with Crippen LogP contribution in [0.3, 0.4) is 0 Å². The van der Waals surface area contributed by atoms with Crippen molar-refractivity contribution < 1.29 is 4.79 Å². The van der Waals surface area contributed by atoms with Crippen molar-refractivity contribution in [2.45, 2.75) is 34.1 Å². The Labute approximate surface area is 155 Å². The maximum Gasteiger partial charge on any atom is 0.267 e. The number of carbonyl (C=O) groups excluding carboxylic acids is 1. The number of benzene rings is 1. The van der Waals surface area contributed by atoms with E-state index in [1.807, 2.05) is 45.0 Å². The summed E-state index contributed by atoms with van der Waals surface area (Å²) in [5, 5.41) is 8.58. The van der Waals surface area contributed by atoms with Crippen LogP contribution in [0, 0.1) is 20.8 Å². The summed E-state index contributed by atoms with van der Waals surface area (Å²) in [6.07, 6.45) is 0.969. The quantitative estimate of drug-likeness (QED) is 0.718. The standard InChI is InChI=1S/C18H19ClN4OS/c1-5-13-6-8-14(9-7-13)21-17(24)16-11(3)20-18(25-16)23-12(4)15(19)10(2)22-23/h6-9H,5H2,1-4H3,(H,21,24). The Morgan fingerprint density at radius 1 is 1.20 bits per heavy atom. The summed E-state index contributed by atoms with van der Waals surface area (Å²) in [5.41, 5.74) is 4.23. The molecule has 1 aromatic carbocycles. The van der Waals surface area contributed by atoms with E-state index in [1.54, 1.807) is 4.68 Å². The third-order valence-electron chi connectivity index (χ3n) is 4.00. The molecule has 0 aliphatic rings. The zero-order chi connectivity index (χ0) is 18.1. The zero-order valence-electron chi connectivity index (χ0n) is 14.6. The van der Waals surface area contributed by atoms with Crippen molar-refractivity contribution in [1.29, 1.82) is 0 Å². The smallest absolute Gasteiger partial charge is 0.267 e. The minimum atomic E-state index is -0.168. The predicted molar refractivity (Wildman–Crippen MR) is 102 cm³/mol. The van der Waals surface area contributed by atoms with Crippen LogP contribution in [0.2, 0.25) is 5.02 Å². The Hall–Kier alpha value is -2.18. The molecule has 1 amide bonds. The summed E-state index contributed by atoms with van der Waals surface area (Å²) < 4.78 is 1.68. The first kappa shape index (κ1) is 17.6. The average molecular weight is 375 g/mol. The van der Waals surface area contributed by atoms with E-state index in [2.05, 4.69) is 22.3 Å². The number of rotatable bonds is 4. The van der Waals surface area contributed by atoms with Crippen LogP contribution in [-0.2, 0) is 6.42 Å². The highest BCUT2D eigenvalue weighted by atomic mass is 35.5. The molecule has 3 rings (SSSR count). The second-order valence-electron chi connectivity index (χ2n) is 5.81. The molecule has 0 aliphatic carbocycles. The molecule has 0 saturated carbocycles. The third-order valence-corrected chi connectivity index (χ3v) is 5.67. The van der Waals surface area contributed by atoms with Crippen LogP contribution >= 0.6 is 22.9 Å². The molecule has 0 fully saturated rings. The van der Waals surface area contributed by atoms with Gasteiger partial charge in [-0.15, -0.1) is 0 Å². The van der Waals surface area contributed by atoms with Gasteiger partial charge in [-0.3, -0.25) is 4.79 Å². The number of aryl methyl sites for hydroxylation is 3. The van der Waals surface area contributed by atoms with Gasteiger partial charge in [0.15, 0.2) is 0 Å². The van der Waals surface area contributed by atoms with Crippen LogP contribution in [0.25, 0.3) is 5.13 Å². The normalized spacial score (nSPS) is 10.9.